The van der Waals surface area contributed by atoms with E-state index < -0.39 is 0 Å². The summed E-state index contributed by atoms with van der Waals surface area (Å²) in [7, 11) is 0. The maximum absolute atomic E-state index is 6.08. The Morgan fingerprint density at radius 3 is 2.56 bits per heavy atom. The summed E-state index contributed by atoms with van der Waals surface area (Å²) in [6.07, 6.45) is 1.43. The number of hydrogen-bond donors (Lipinski definition) is 0. The Labute approximate surface area is 112 Å². The van der Waals surface area contributed by atoms with Crippen molar-refractivity contribution in [1.29, 1.82) is 0 Å². The number of ether oxygens (including phenoxy) is 1. The second kappa shape index (κ2) is 5.83. The first-order chi connectivity index (χ1) is 8.68. The first kappa shape index (κ1) is 12.8. The Morgan fingerprint density at radius 2 is 1.89 bits per heavy atom. The highest BCUT2D eigenvalue weighted by Gasteiger charge is 2.14. The molecule has 0 saturated carbocycles. The van der Waals surface area contributed by atoms with E-state index in [2.05, 4.69) is 9.97 Å². The molecule has 0 aliphatic heterocycles. The third-order valence-electron chi connectivity index (χ3n) is 2.59. The maximum Gasteiger partial charge on any atom is 0.221 e. The Morgan fingerprint density at radius 1 is 1.17 bits per heavy atom. The minimum atomic E-state index is 0.226. The molecule has 1 aromatic heterocycles. The summed E-state index contributed by atoms with van der Waals surface area (Å²) in [6, 6.07) is 9.96. The lowest BCUT2D eigenvalue weighted by atomic mass is 10.1. The van der Waals surface area contributed by atoms with Crippen molar-refractivity contribution in [2.45, 2.75) is 26.4 Å². The minimum Gasteiger partial charge on any atom is -0.472 e. The van der Waals surface area contributed by atoms with Crippen LogP contribution in [0.5, 0.6) is 5.88 Å². The van der Waals surface area contributed by atoms with Gasteiger partial charge in [-0.15, -0.1) is 0 Å². The van der Waals surface area contributed by atoms with Crippen LogP contribution < -0.4 is 4.74 Å². The SMILES string of the molecule is CC(C)c1c(Cl)ncnc1OCc1ccccc1. The number of aromatic nitrogens is 2. The molecule has 18 heavy (non-hydrogen) atoms. The van der Waals surface area contributed by atoms with Crippen molar-refractivity contribution in [3.8, 4) is 5.88 Å². The van der Waals surface area contributed by atoms with Gasteiger partial charge in [0.25, 0.3) is 0 Å². The molecule has 0 spiro atoms. The van der Waals surface area contributed by atoms with Gasteiger partial charge in [-0.2, -0.15) is 0 Å². The average Bonchev–Trinajstić information content (AvgIpc) is 2.37. The lowest BCUT2D eigenvalue weighted by molar-refractivity contribution is 0.288. The highest BCUT2D eigenvalue weighted by molar-refractivity contribution is 6.30. The third kappa shape index (κ3) is 2.99. The van der Waals surface area contributed by atoms with E-state index in [0.29, 0.717) is 17.6 Å². The number of rotatable bonds is 4. The highest BCUT2D eigenvalue weighted by Crippen LogP contribution is 2.29. The van der Waals surface area contributed by atoms with Crippen molar-refractivity contribution < 1.29 is 4.74 Å². The smallest absolute Gasteiger partial charge is 0.221 e. The summed E-state index contributed by atoms with van der Waals surface area (Å²) in [5.74, 6) is 0.790. The van der Waals surface area contributed by atoms with Crippen LogP contribution in [0.25, 0.3) is 0 Å². The van der Waals surface area contributed by atoms with Crippen LogP contribution in [0.2, 0.25) is 5.15 Å². The molecule has 0 aliphatic rings. The fourth-order valence-electron chi connectivity index (χ4n) is 1.69. The third-order valence-corrected chi connectivity index (χ3v) is 2.90. The van der Waals surface area contributed by atoms with Gasteiger partial charge in [0.15, 0.2) is 0 Å². The molecule has 0 atom stereocenters. The summed E-state index contributed by atoms with van der Waals surface area (Å²) in [5.41, 5.74) is 1.96. The molecule has 2 rings (SSSR count). The molecule has 0 amide bonds. The van der Waals surface area contributed by atoms with Crippen molar-refractivity contribution >= 4 is 11.6 Å². The first-order valence-corrected chi connectivity index (χ1v) is 6.23. The van der Waals surface area contributed by atoms with E-state index in [0.717, 1.165) is 11.1 Å². The molecule has 2 aromatic rings. The first-order valence-electron chi connectivity index (χ1n) is 5.85. The van der Waals surface area contributed by atoms with Crippen molar-refractivity contribution in [3.05, 3.63) is 52.9 Å². The standard InChI is InChI=1S/C14H15ClN2O/c1-10(2)12-13(15)16-9-17-14(12)18-8-11-6-4-3-5-7-11/h3-7,9-10H,8H2,1-2H3. The minimum absolute atomic E-state index is 0.226. The average molecular weight is 263 g/mol. The van der Waals surface area contributed by atoms with Crippen LogP contribution in [0, 0.1) is 0 Å². The summed E-state index contributed by atoms with van der Waals surface area (Å²) >= 11 is 6.08. The second-order valence-electron chi connectivity index (χ2n) is 4.31. The monoisotopic (exact) mass is 262 g/mol. The Kier molecular flexibility index (Phi) is 4.15. The molecule has 94 valence electrons. The molecule has 0 unspecified atom stereocenters. The van der Waals surface area contributed by atoms with Crippen LogP contribution >= 0.6 is 11.6 Å². The molecule has 0 radical (unpaired) electrons. The fourth-order valence-corrected chi connectivity index (χ4v) is 2.03. The van der Waals surface area contributed by atoms with E-state index in [1.807, 2.05) is 44.2 Å². The quantitative estimate of drug-likeness (QED) is 0.786. The summed E-state index contributed by atoms with van der Waals surface area (Å²) < 4.78 is 5.73. The van der Waals surface area contributed by atoms with E-state index in [1.54, 1.807) is 0 Å². The van der Waals surface area contributed by atoms with E-state index in [9.17, 15) is 0 Å². The van der Waals surface area contributed by atoms with E-state index in [4.69, 9.17) is 16.3 Å². The maximum atomic E-state index is 6.08. The van der Waals surface area contributed by atoms with Crippen LogP contribution in [0.3, 0.4) is 0 Å². The van der Waals surface area contributed by atoms with Crippen LogP contribution in [0.4, 0.5) is 0 Å². The predicted octanol–water partition coefficient (Wildman–Crippen LogP) is 3.83. The zero-order valence-electron chi connectivity index (χ0n) is 10.4. The zero-order valence-corrected chi connectivity index (χ0v) is 11.2. The number of hydrogen-bond acceptors (Lipinski definition) is 3. The van der Waals surface area contributed by atoms with E-state index in [1.165, 1.54) is 6.33 Å². The van der Waals surface area contributed by atoms with Gasteiger partial charge in [-0.1, -0.05) is 55.8 Å². The predicted molar refractivity (Wildman–Crippen MR) is 71.9 cm³/mol. The summed E-state index contributed by atoms with van der Waals surface area (Å²) in [6.45, 7) is 4.56. The number of halogens is 1. The van der Waals surface area contributed by atoms with Gasteiger partial charge >= 0.3 is 0 Å². The summed E-state index contributed by atoms with van der Waals surface area (Å²) in [5, 5.41) is 0.461. The molecule has 0 fully saturated rings. The lowest BCUT2D eigenvalue weighted by Gasteiger charge is -2.13. The zero-order chi connectivity index (χ0) is 13.0. The van der Waals surface area contributed by atoms with Gasteiger partial charge in [-0.05, 0) is 11.5 Å². The fraction of sp³-hybridized carbons (Fsp3) is 0.286. The normalized spacial score (nSPS) is 10.7. The van der Waals surface area contributed by atoms with Crippen molar-refractivity contribution in [2.24, 2.45) is 0 Å². The van der Waals surface area contributed by atoms with Gasteiger partial charge in [0.1, 0.15) is 18.1 Å². The van der Waals surface area contributed by atoms with Gasteiger partial charge in [-0.3, -0.25) is 0 Å². The van der Waals surface area contributed by atoms with Crippen LogP contribution in [-0.2, 0) is 6.61 Å². The molecule has 0 aliphatic carbocycles. The van der Waals surface area contributed by atoms with Gasteiger partial charge in [0.05, 0.1) is 5.56 Å². The summed E-state index contributed by atoms with van der Waals surface area (Å²) in [4.78, 5) is 8.15. The van der Waals surface area contributed by atoms with Gasteiger partial charge in [0, 0.05) is 0 Å². The van der Waals surface area contributed by atoms with Crippen LogP contribution in [0.15, 0.2) is 36.7 Å². The molecular weight excluding hydrogens is 248 g/mol. The topological polar surface area (TPSA) is 35.0 Å². The molecule has 4 heteroatoms. The molecule has 0 bridgehead atoms. The van der Waals surface area contributed by atoms with Crippen molar-refractivity contribution in [3.63, 3.8) is 0 Å². The Balaban J connectivity index is 2.17. The number of nitrogens with zero attached hydrogens (tertiary/aromatic N) is 2. The van der Waals surface area contributed by atoms with E-state index >= 15 is 0 Å². The molecular formula is C14H15ClN2O. The van der Waals surface area contributed by atoms with Gasteiger partial charge < -0.3 is 4.74 Å². The lowest BCUT2D eigenvalue weighted by Crippen LogP contribution is -2.03. The molecule has 0 saturated heterocycles. The highest BCUT2D eigenvalue weighted by atomic mass is 35.5. The van der Waals surface area contributed by atoms with Crippen molar-refractivity contribution in [1.82, 2.24) is 9.97 Å². The Hall–Kier alpha value is -1.61. The van der Waals surface area contributed by atoms with E-state index in [-0.39, 0.29) is 5.92 Å². The largest absolute Gasteiger partial charge is 0.472 e. The number of benzene rings is 1. The van der Waals surface area contributed by atoms with Crippen molar-refractivity contribution in [2.75, 3.05) is 0 Å². The Bertz CT molecular complexity index is 514. The molecule has 3 nitrogen and oxygen atoms in total. The van der Waals surface area contributed by atoms with Crippen LogP contribution in [0.1, 0.15) is 30.9 Å². The van der Waals surface area contributed by atoms with Crippen LogP contribution in [-0.4, -0.2) is 9.97 Å². The van der Waals surface area contributed by atoms with Gasteiger partial charge in [-0.25, -0.2) is 9.97 Å². The molecule has 0 N–H and O–H groups in total. The molecule has 1 heterocycles. The second-order valence-corrected chi connectivity index (χ2v) is 4.67. The van der Waals surface area contributed by atoms with Gasteiger partial charge in [0.2, 0.25) is 5.88 Å². The molecule has 1 aromatic carbocycles.